The van der Waals surface area contributed by atoms with Gasteiger partial charge in [0.1, 0.15) is 0 Å². The molecule has 5 heteroatoms. The van der Waals surface area contributed by atoms with Crippen molar-refractivity contribution < 1.29 is 9.53 Å². The van der Waals surface area contributed by atoms with Gasteiger partial charge in [-0.05, 0) is 6.42 Å². The SMILES string of the molecule is CCCCCN(C)c1nc(CC(=O)OC)cs1. The minimum absolute atomic E-state index is 0.240. The molecule has 1 rings (SSSR count). The van der Waals surface area contributed by atoms with Gasteiger partial charge in [0, 0.05) is 19.0 Å². The van der Waals surface area contributed by atoms with Crippen LogP contribution >= 0.6 is 11.3 Å². The zero-order valence-electron chi connectivity index (χ0n) is 10.7. The van der Waals surface area contributed by atoms with Gasteiger partial charge >= 0.3 is 5.97 Å². The Morgan fingerprint density at radius 1 is 1.53 bits per heavy atom. The number of aromatic nitrogens is 1. The van der Waals surface area contributed by atoms with Gasteiger partial charge in [0.15, 0.2) is 5.13 Å². The summed E-state index contributed by atoms with van der Waals surface area (Å²) in [6.45, 7) is 3.21. The number of nitrogens with zero attached hydrogens (tertiary/aromatic N) is 2. The van der Waals surface area contributed by atoms with Crippen LogP contribution in [-0.4, -0.2) is 31.7 Å². The molecule has 0 saturated heterocycles. The van der Waals surface area contributed by atoms with Crippen LogP contribution in [0.3, 0.4) is 0 Å². The lowest BCUT2D eigenvalue weighted by Gasteiger charge is -2.14. The van der Waals surface area contributed by atoms with Crippen LogP contribution in [0.15, 0.2) is 5.38 Å². The van der Waals surface area contributed by atoms with Crippen LogP contribution in [-0.2, 0) is 16.0 Å². The van der Waals surface area contributed by atoms with E-state index in [4.69, 9.17) is 0 Å². The van der Waals surface area contributed by atoms with E-state index < -0.39 is 0 Å². The van der Waals surface area contributed by atoms with E-state index in [0.29, 0.717) is 0 Å². The molecule has 17 heavy (non-hydrogen) atoms. The molecule has 1 aromatic heterocycles. The van der Waals surface area contributed by atoms with E-state index in [1.807, 2.05) is 12.4 Å². The highest BCUT2D eigenvalue weighted by Crippen LogP contribution is 2.20. The first kappa shape index (κ1) is 14.0. The Kier molecular flexibility index (Phi) is 5.97. The molecule has 96 valence electrons. The molecule has 0 aromatic carbocycles. The minimum atomic E-state index is -0.240. The fourth-order valence-corrected chi connectivity index (χ4v) is 2.29. The fourth-order valence-electron chi connectivity index (χ4n) is 1.47. The Morgan fingerprint density at radius 2 is 2.29 bits per heavy atom. The molecule has 0 unspecified atom stereocenters. The van der Waals surface area contributed by atoms with Crippen molar-refractivity contribution in [2.75, 3.05) is 25.6 Å². The van der Waals surface area contributed by atoms with Crippen LogP contribution in [0.25, 0.3) is 0 Å². The number of rotatable bonds is 7. The summed E-state index contributed by atoms with van der Waals surface area (Å²) in [7, 11) is 3.43. The first-order valence-electron chi connectivity index (χ1n) is 5.89. The summed E-state index contributed by atoms with van der Waals surface area (Å²) in [4.78, 5) is 17.7. The summed E-state index contributed by atoms with van der Waals surface area (Å²) in [5.74, 6) is -0.240. The number of carbonyl (C=O) groups is 1. The molecule has 0 fully saturated rings. The molecule has 0 N–H and O–H groups in total. The summed E-state index contributed by atoms with van der Waals surface area (Å²) in [6.07, 6.45) is 3.90. The Morgan fingerprint density at radius 3 is 2.94 bits per heavy atom. The van der Waals surface area contributed by atoms with Gasteiger partial charge in [-0.1, -0.05) is 19.8 Å². The van der Waals surface area contributed by atoms with Gasteiger partial charge in [0.05, 0.1) is 19.2 Å². The Hall–Kier alpha value is -1.10. The van der Waals surface area contributed by atoms with E-state index in [2.05, 4.69) is 21.5 Å². The monoisotopic (exact) mass is 256 g/mol. The van der Waals surface area contributed by atoms with Crippen molar-refractivity contribution in [2.24, 2.45) is 0 Å². The standard InChI is InChI=1S/C12H20N2O2S/c1-4-5-6-7-14(2)12-13-10(9-17-12)8-11(15)16-3/h9H,4-8H2,1-3H3. The third-order valence-corrected chi connectivity index (χ3v) is 3.52. The van der Waals surface area contributed by atoms with Gasteiger partial charge in [-0.15, -0.1) is 11.3 Å². The van der Waals surface area contributed by atoms with Gasteiger partial charge in [-0.2, -0.15) is 0 Å². The molecular weight excluding hydrogens is 236 g/mol. The number of unbranched alkanes of at least 4 members (excludes halogenated alkanes) is 2. The van der Waals surface area contributed by atoms with Crippen LogP contribution in [0.1, 0.15) is 31.9 Å². The Labute approximate surface area is 107 Å². The summed E-state index contributed by atoms with van der Waals surface area (Å²) in [5, 5.41) is 2.89. The highest BCUT2D eigenvalue weighted by molar-refractivity contribution is 7.13. The van der Waals surface area contributed by atoms with Crippen molar-refractivity contribution in [1.29, 1.82) is 0 Å². The molecule has 0 saturated carbocycles. The number of hydrogen-bond acceptors (Lipinski definition) is 5. The number of carbonyl (C=O) groups excluding carboxylic acids is 1. The van der Waals surface area contributed by atoms with E-state index >= 15 is 0 Å². The first-order valence-corrected chi connectivity index (χ1v) is 6.77. The summed E-state index contributed by atoms with van der Waals surface area (Å²) in [6, 6.07) is 0. The zero-order chi connectivity index (χ0) is 12.7. The zero-order valence-corrected chi connectivity index (χ0v) is 11.5. The molecule has 0 radical (unpaired) electrons. The number of hydrogen-bond donors (Lipinski definition) is 0. The summed E-state index contributed by atoms with van der Waals surface area (Å²) >= 11 is 1.58. The third-order valence-electron chi connectivity index (χ3n) is 2.52. The van der Waals surface area contributed by atoms with Crippen LogP contribution in [0.5, 0.6) is 0 Å². The molecule has 0 spiro atoms. The van der Waals surface area contributed by atoms with Gasteiger partial charge < -0.3 is 9.64 Å². The maximum Gasteiger partial charge on any atom is 0.311 e. The topological polar surface area (TPSA) is 42.4 Å². The average molecular weight is 256 g/mol. The predicted molar refractivity (Wildman–Crippen MR) is 70.6 cm³/mol. The summed E-state index contributed by atoms with van der Waals surface area (Å²) < 4.78 is 4.62. The van der Waals surface area contributed by atoms with Crippen molar-refractivity contribution in [3.8, 4) is 0 Å². The van der Waals surface area contributed by atoms with Crippen molar-refractivity contribution in [2.45, 2.75) is 32.6 Å². The largest absolute Gasteiger partial charge is 0.469 e. The van der Waals surface area contributed by atoms with Crippen molar-refractivity contribution in [3.63, 3.8) is 0 Å². The van der Waals surface area contributed by atoms with Crippen molar-refractivity contribution in [1.82, 2.24) is 4.98 Å². The molecule has 0 atom stereocenters. The molecular formula is C12H20N2O2S. The molecule has 0 bridgehead atoms. The number of anilines is 1. The molecule has 0 aliphatic carbocycles. The molecule has 0 aliphatic heterocycles. The molecule has 1 aromatic rings. The van der Waals surface area contributed by atoms with E-state index in [9.17, 15) is 4.79 Å². The predicted octanol–water partition coefficient (Wildman–Crippen LogP) is 2.49. The van der Waals surface area contributed by atoms with E-state index in [0.717, 1.165) is 17.4 Å². The minimum Gasteiger partial charge on any atom is -0.469 e. The maximum absolute atomic E-state index is 11.1. The van der Waals surface area contributed by atoms with Crippen LogP contribution in [0, 0.1) is 0 Å². The highest BCUT2D eigenvalue weighted by atomic mass is 32.1. The number of ether oxygens (including phenoxy) is 1. The second-order valence-corrected chi connectivity index (χ2v) is 4.84. The Balaban J connectivity index is 2.46. The molecule has 0 aliphatic rings. The number of esters is 1. The summed E-state index contributed by atoms with van der Waals surface area (Å²) in [5.41, 5.74) is 0.791. The van der Waals surface area contributed by atoms with Crippen LogP contribution in [0.4, 0.5) is 5.13 Å². The number of thiazole rings is 1. The highest BCUT2D eigenvalue weighted by Gasteiger charge is 2.10. The lowest BCUT2D eigenvalue weighted by Crippen LogP contribution is -2.18. The number of methoxy groups -OCH3 is 1. The first-order chi connectivity index (χ1) is 8.17. The molecule has 1 heterocycles. The fraction of sp³-hybridized carbons (Fsp3) is 0.667. The second kappa shape index (κ2) is 7.27. The lowest BCUT2D eigenvalue weighted by molar-refractivity contribution is -0.139. The van der Waals surface area contributed by atoms with Gasteiger partial charge in [-0.3, -0.25) is 4.79 Å². The second-order valence-electron chi connectivity index (χ2n) is 4.00. The van der Waals surface area contributed by atoms with Gasteiger partial charge in [0.2, 0.25) is 0 Å². The lowest BCUT2D eigenvalue weighted by atomic mass is 10.2. The Bertz CT molecular complexity index is 352. The normalized spacial score (nSPS) is 10.3. The van der Waals surface area contributed by atoms with Crippen LogP contribution in [0.2, 0.25) is 0 Å². The molecule has 0 amide bonds. The van der Waals surface area contributed by atoms with E-state index in [1.165, 1.54) is 26.4 Å². The van der Waals surface area contributed by atoms with E-state index in [-0.39, 0.29) is 12.4 Å². The smallest absolute Gasteiger partial charge is 0.311 e. The molecule has 4 nitrogen and oxygen atoms in total. The average Bonchev–Trinajstić information content (AvgIpc) is 2.77. The van der Waals surface area contributed by atoms with Crippen LogP contribution < -0.4 is 4.90 Å². The maximum atomic E-state index is 11.1. The van der Waals surface area contributed by atoms with Crippen molar-refractivity contribution in [3.05, 3.63) is 11.1 Å². The van der Waals surface area contributed by atoms with Gasteiger partial charge in [0.25, 0.3) is 0 Å². The van der Waals surface area contributed by atoms with Gasteiger partial charge in [-0.25, -0.2) is 4.98 Å². The van der Waals surface area contributed by atoms with E-state index in [1.54, 1.807) is 11.3 Å². The third kappa shape index (κ3) is 4.73. The van der Waals surface area contributed by atoms with Crippen molar-refractivity contribution >= 4 is 22.4 Å². The quantitative estimate of drug-likeness (QED) is 0.555.